The van der Waals surface area contributed by atoms with E-state index in [-0.39, 0.29) is 5.88 Å². The van der Waals surface area contributed by atoms with E-state index in [0.717, 1.165) is 21.8 Å². The lowest BCUT2D eigenvalue weighted by molar-refractivity contribution is 0.209. The van der Waals surface area contributed by atoms with Gasteiger partial charge in [0.25, 0.3) is 5.88 Å². The highest BCUT2D eigenvalue weighted by Gasteiger charge is 2.18. The van der Waals surface area contributed by atoms with Crippen molar-refractivity contribution in [2.24, 2.45) is 5.73 Å². The molecule has 0 aliphatic rings. The van der Waals surface area contributed by atoms with E-state index in [1.165, 1.54) is 11.3 Å². The summed E-state index contributed by atoms with van der Waals surface area (Å²) in [4.78, 5) is 17.4. The lowest BCUT2D eigenvalue weighted by atomic mass is 10.2. The number of anilines is 3. The Hall–Kier alpha value is -3.23. The first kappa shape index (κ1) is 17.2. The van der Waals surface area contributed by atoms with Crippen LogP contribution in [0.4, 0.5) is 21.2 Å². The van der Waals surface area contributed by atoms with Crippen LogP contribution in [0.3, 0.4) is 0 Å². The molecule has 1 aromatic carbocycles. The van der Waals surface area contributed by atoms with Crippen LogP contribution < -0.4 is 15.4 Å². The van der Waals surface area contributed by atoms with Crippen molar-refractivity contribution in [1.82, 2.24) is 15.2 Å². The summed E-state index contributed by atoms with van der Waals surface area (Å²) >= 11 is 7.43. The number of ether oxygens (including phenoxy) is 1. The number of fused-ring (bicyclic) bond motifs is 1. The van der Waals surface area contributed by atoms with Crippen LogP contribution in [0, 0.1) is 0 Å². The van der Waals surface area contributed by atoms with Crippen LogP contribution in [0.15, 0.2) is 61.1 Å². The van der Waals surface area contributed by atoms with E-state index in [0.29, 0.717) is 9.72 Å². The minimum absolute atomic E-state index is 0.0819. The van der Waals surface area contributed by atoms with Gasteiger partial charge in [0.2, 0.25) is 0 Å². The van der Waals surface area contributed by atoms with Gasteiger partial charge in [-0.3, -0.25) is 4.98 Å². The molecule has 2 N–H and O–H groups in total. The lowest BCUT2D eigenvalue weighted by Crippen LogP contribution is -2.17. The second-order valence-electron chi connectivity index (χ2n) is 5.46. The minimum Gasteiger partial charge on any atom is -0.388 e. The maximum absolute atomic E-state index is 11.1. The van der Waals surface area contributed by atoms with E-state index >= 15 is 0 Å². The molecule has 0 atom stereocenters. The second kappa shape index (κ2) is 7.18. The van der Waals surface area contributed by atoms with E-state index in [9.17, 15) is 4.79 Å². The summed E-state index contributed by atoms with van der Waals surface area (Å²) < 4.78 is 5.64. The fourth-order valence-corrected chi connectivity index (χ4v) is 3.82. The van der Waals surface area contributed by atoms with E-state index in [1.54, 1.807) is 18.6 Å². The minimum atomic E-state index is -0.937. The van der Waals surface area contributed by atoms with Gasteiger partial charge in [0.05, 0.1) is 18.1 Å². The van der Waals surface area contributed by atoms with Crippen molar-refractivity contribution in [1.29, 1.82) is 0 Å². The second-order valence-corrected chi connectivity index (χ2v) is 6.93. The van der Waals surface area contributed by atoms with Gasteiger partial charge in [-0.05, 0) is 42.5 Å². The van der Waals surface area contributed by atoms with Gasteiger partial charge >= 0.3 is 6.09 Å². The van der Waals surface area contributed by atoms with E-state index in [4.69, 9.17) is 22.1 Å². The van der Waals surface area contributed by atoms with Crippen molar-refractivity contribution in [2.45, 2.75) is 0 Å². The Morgan fingerprint density at radius 3 is 2.67 bits per heavy atom. The monoisotopic (exact) mass is 397 g/mol. The Morgan fingerprint density at radius 1 is 1.15 bits per heavy atom. The van der Waals surface area contributed by atoms with Crippen LogP contribution in [0.5, 0.6) is 5.88 Å². The average molecular weight is 398 g/mol. The maximum atomic E-state index is 11.1. The van der Waals surface area contributed by atoms with Crippen LogP contribution in [-0.2, 0) is 0 Å². The highest BCUT2D eigenvalue weighted by molar-refractivity contribution is 7.23. The van der Waals surface area contributed by atoms with Gasteiger partial charge in [-0.2, -0.15) is 5.10 Å². The normalized spacial score (nSPS) is 10.7. The number of nitrogens with two attached hydrogens (primary N) is 1. The molecular weight excluding hydrogens is 386 g/mol. The molecule has 0 unspecified atom stereocenters. The Kier molecular flexibility index (Phi) is 4.57. The molecule has 27 heavy (non-hydrogen) atoms. The van der Waals surface area contributed by atoms with Crippen LogP contribution >= 0.6 is 22.9 Å². The molecule has 0 aliphatic carbocycles. The molecular formula is C18H12ClN5O2S. The number of carbonyl (C=O) groups is 1. The SMILES string of the molecule is NC(=O)Oc1nncc2cc(N(c3ccc(Cl)cc3)c3cccnc3)sc12. The van der Waals surface area contributed by atoms with Crippen LogP contribution in [0.1, 0.15) is 0 Å². The summed E-state index contributed by atoms with van der Waals surface area (Å²) in [5.74, 6) is 0.0819. The van der Waals surface area contributed by atoms with Gasteiger partial charge in [0, 0.05) is 22.3 Å². The molecule has 4 rings (SSSR count). The van der Waals surface area contributed by atoms with E-state index < -0.39 is 6.09 Å². The van der Waals surface area contributed by atoms with E-state index in [1.807, 2.05) is 47.4 Å². The third kappa shape index (κ3) is 3.53. The third-order valence-electron chi connectivity index (χ3n) is 3.69. The number of amides is 1. The largest absolute Gasteiger partial charge is 0.411 e. The molecule has 0 bridgehead atoms. The smallest absolute Gasteiger partial charge is 0.388 e. The number of thiophene rings is 1. The Bertz CT molecular complexity index is 1100. The van der Waals surface area contributed by atoms with E-state index in [2.05, 4.69) is 15.2 Å². The standard InChI is InChI=1S/C18H12ClN5O2S/c19-12-3-5-13(6-4-12)24(14-2-1-7-21-10-14)15-8-11-9-22-23-17(16(11)27-15)26-18(20)25/h1-10H,(H2,20,25). The fraction of sp³-hybridized carbons (Fsp3) is 0. The lowest BCUT2D eigenvalue weighted by Gasteiger charge is -2.23. The average Bonchev–Trinajstić information content (AvgIpc) is 3.09. The predicted octanol–water partition coefficient (Wildman–Crippen LogP) is 4.67. The topological polar surface area (TPSA) is 94.2 Å². The zero-order chi connectivity index (χ0) is 18.8. The molecule has 3 heterocycles. The number of halogens is 1. The number of primary amides is 1. The summed E-state index contributed by atoms with van der Waals surface area (Å²) in [6.07, 6.45) is 4.14. The Balaban J connectivity index is 1.87. The number of aromatic nitrogens is 3. The van der Waals surface area contributed by atoms with Gasteiger partial charge in [0.15, 0.2) is 0 Å². The summed E-state index contributed by atoms with van der Waals surface area (Å²) in [5.41, 5.74) is 6.89. The van der Waals surface area contributed by atoms with Crippen LogP contribution in [-0.4, -0.2) is 21.3 Å². The molecule has 0 spiro atoms. The van der Waals surface area contributed by atoms with Gasteiger partial charge < -0.3 is 15.4 Å². The summed E-state index contributed by atoms with van der Waals surface area (Å²) in [6.45, 7) is 0. The quantitative estimate of drug-likeness (QED) is 0.537. The van der Waals surface area contributed by atoms with Crippen molar-refractivity contribution < 1.29 is 9.53 Å². The first-order chi connectivity index (χ1) is 13.1. The van der Waals surface area contributed by atoms with Crippen molar-refractivity contribution in [3.05, 3.63) is 66.1 Å². The first-order valence-corrected chi connectivity index (χ1v) is 8.99. The van der Waals surface area contributed by atoms with Crippen LogP contribution in [0.25, 0.3) is 10.1 Å². The number of hydrogen-bond donors (Lipinski definition) is 1. The van der Waals surface area contributed by atoms with Gasteiger partial charge in [-0.15, -0.1) is 16.4 Å². The van der Waals surface area contributed by atoms with Crippen molar-refractivity contribution in [2.75, 3.05) is 4.90 Å². The molecule has 134 valence electrons. The molecule has 4 aromatic rings. The molecule has 0 saturated carbocycles. The Morgan fingerprint density at radius 2 is 1.96 bits per heavy atom. The van der Waals surface area contributed by atoms with Crippen molar-refractivity contribution in [3.63, 3.8) is 0 Å². The van der Waals surface area contributed by atoms with Gasteiger partial charge in [-0.1, -0.05) is 11.6 Å². The molecule has 0 saturated heterocycles. The van der Waals surface area contributed by atoms with Gasteiger partial charge in [-0.25, -0.2) is 4.79 Å². The highest BCUT2D eigenvalue weighted by Crippen LogP contribution is 2.43. The molecule has 1 amide bonds. The third-order valence-corrected chi connectivity index (χ3v) is 5.07. The first-order valence-electron chi connectivity index (χ1n) is 7.80. The highest BCUT2D eigenvalue weighted by atomic mass is 35.5. The van der Waals surface area contributed by atoms with Crippen molar-refractivity contribution in [3.8, 4) is 5.88 Å². The number of nitrogens with zero attached hydrogens (tertiary/aromatic N) is 4. The molecule has 0 radical (unpaired) electrons. The molecule has 0 fully saturated rings. The fourth-order valence-electron chi connectivity index (χ4n) is 2.60. The number of pyridine rings is 1. The van der Waals surface area contributed by atoms with Crippen LogP contribution in [0.2, 0.25) is 5.02 Å². The van der Waals surface area contributed by atoms with Gasteiger partial charge in [0.1, 0.15) is 9.70 Å². The maximum Gasteiger partial charge on any atom is 0.411 e. The predicted molar refractivity (Wildman–Crippen MR) is 105 cm³/mol. The zero-order valence-electron chi connectivity index (χ0n) is 13.7. The number of hydrogen-bond acceptors (Lipinski definition) is 7. The molecule has 3 aromatic heterocycles. The zero-order valence-corrected chi connectivity index (χ0v) is 15.3. The molecule has 0 aliphatic heterocycles. The summed E-state index contributed by atoms with van der Waals surface area (Å²) in [7, 11) is 0. The Labute approximate surface area is 163 Å². The molecule has 7 nitrogen and oxygen atoms in total. The number of benzene rings is 1. The summed E-state index contributed by atoms with van der Waals surface area (Å²) in [5, 5.41) is 10.0. The van der Waals surface area contributed by atoms with Crippen molar-refractivity contribution >= 4 is 55.5 Å². The molecule has 9 heteroatoms. The number of carbonyl (C=O) groups excluding carboxylic acids is 1. The summed E-state index contributed by atoms with van der Waals surface area (Å²) in [6, 6.07) is 13.2. The number of rotatable bonds is 4.